The Morgan fingerprint density at radius 3 is 2.30 bits per heavy atom. The third kappa shape index (κ3) is 3.64. The minimum atomic E-state index is -3.52. The molecular formula is C5H5O4P. The van der Waals surface area contributed by atoms with Crippen molar-refractivity contribution in [2.45, 2.75) is 0 Å². The molecular weight excluding hydrogens is 155 g/mol. The summed E-state index contributed by atoms with van der Waals surface area (Å²) in [5.74, 6) is -0.934. The van der Waals surface area contributed by atoms with Crippen molar-refractivity contribution in [2.24, 2.45) is 0 Å². The zero-order chi connectivity index (χ0) is 8.20. The zero-order valence-electron chi connectivity index (χ0n) is 5.02. The molecule has 0 aromatic rings. The van der Waals surface area contributed by atoms with Crippen molar-refractivity contribution >= 4 is 13.3 Å². The molecule has 54 valence electrons. The monoisotopic (exact) mass is 160 g/mol. The van der Waals surface area contributed by atoms with Crippen LogP contribution in [0.25, 0.3) is 0 Å². The second-order valence-electron chi connectivity index (χ2n) is 1.48. The highest BCUT2D eigenvalue weighted by Gasteiger charge is 2.20. The Labute approximate surface area is 60.0 Å². The fourth-order valence-corrected chi connectivity index (χ4v) is 0.763. The van der Waals surface area contributed by atoms with Crippen molar-refractivity contribution in [1.82, 2.24) is 0 Å². The second kappa shape index (κ2) is 3.74. The summed E-state index contributed by atoms with van der Waals surface area (Å²) in [5, 5.41) is 0. The van der Waals surface area contributed by atoms with Gasteiger partial charge in [0.05, 0.1) is 6.66 Å². The molecule has 1 atom stereocenters. The molecule has 0 aliphatic carbocycles. The van der Waals surface area contributed by atoms with Crippen molar-refractivity contribution in [2.75, 3.05) is 6.16 Å². The van der Waals surface area contributed by atoms with Gasteiger partial charge < -0.3 is 9.26 Å². The van der Waals surface area contributed by atoms with Crippen LogP contribution < -0.4 is 0 Å². The van der Waals surface area contributed by atoms with Crippen LogP contribution in [0.1, 0.15) is 0 Å². The molecule has 0 aromatic carbocycles. The molecule has 10 heavy (non-hydrogen) atoms. The summed E-state index contributed by atoms with van der Waals surface area (Å²) in [6.07, 6.45) is -0.625. The average Bonchev–Trinajstić information content (AvgIpc) is 1.87. The third-order valence-corrected chi connectivity index (χ3v) is 1.72. The maximum Gasteiger partial charge on any atom is 0.316 e. The van der Waals surface area contributed by atoms with Gasteiger partial charge in [-0.25, -0.2) is 0 Å². The molecule has 0 bridgehead atoms. The molecule has 0 N–H and O–H groups in total. The van der Waals surface area contributed by atoms with E-state index in [0.717, 1.165) is 0 Å². The van der Waals surface area contributed by atoms with Crippen LogP contribution in [0.4, 0.5) is 0 Å². The average molecular weight is 160 g/mol. The lowest BCUT2D eigenvalue weighted by Gasteiger charge is -2.05. The van der Waals surface area contributed by atoms with Crippen LogP contribution in [0.2, 0.25) is 0 Å². The van der Waals surface area contributed by atoms with Gasteiger partial charge in [-0.05, 0) is 0 Å². The highest BCUT2D eigenvalue weighted by molar-refractivity contribution is 7.61. The minimum Gasteiger partial charge on any atom is -0.454 e. The van der Waals surface area contributed by atoms with Gasteiger partial charge in [-0.2, -0.15) is 0 Å². The van der Waals surface area contributed by atoms with E-state index in [9.17, 15) is 9.36 Å². The van der Waals surface area contributed by atoms with Gasteiger partial charge in [0, 0.05) is 0 Å². The molecule has 1 unspecified atom stereocenters. The SMILES string of the molecule is [CH]OC(=O)CP([CH])(=O)O[CH]. The van der Waals surface area contributed by atoms with Gasteiger partial charge in [0.1, 0.15) is 13.3 Å². The zero-order valence-corrected chi connectivity index (χ0v) is 5.91. The lowest BCUT2D eigenvalue weighted by molar-refractivity contribution is -0.135. The molecule has 5 heteroatoms. The van der Waals surface area contributed by atoms with E-state index in [4.69, 9.17) is 6.66 Å². The number of ether oxygens (including phenoxy) is 1. The van der Waals surface area contributed by atoms with E-state index in [2.05, 4.69) is 23.5 Å². The maximum atomic E-state index is 10.6. The lowest BCUT2D eigenvalue weighted by atomic mass is 10.8. The lowest BCUT2D eigenvalue weighted by Crippen LogP contribution is -2.05. The first-order valence-corrected chi connectivity index (χ1v) is 4.05. The van der Waals surface area contributed by atoms with E-state index >= 15 is 0 Å². The van der Waals surface area contributed by atoms with Crippen molar-refractivity contribution in [3.05, 3.63) is 20.9 Å². The van der Waals surface area contributed by atoms with E-state index < -0.39 is 19.5 Å². The predicted molar refractivity (Wildman–Crippen MR) is 32.6 cm³/mol. The van der Waals surface area contributed by atoms with Crippen molar-refractivity contribution in [3.8, 4) is 0 Å². The van der Waals surface area contributed by atoms with Crippen LogP contribution in [0.3, 0.4) is 0 Å². The topological polar surface area (TPSA) is 52.6 Å². The van der Waals surface area contributed by atoms with Crippen LogP contribution in [0.15, 0.2) is 0 Å². The molecule has 6 radical (unpaired) electrons. The van der Waals surface area contributed by atoms with Crippen LogP contribution in [0.5, 0.6) is 0 Å². The summed E-state index contributed by atoms with van der Waals surface area (Å²) in [7, 11) is 5.36. The molecule has 0 amide bonds. The highest BCUT2D eigenvalue weighted by atomic mass is 31.2. The summed E-state index contributed by atoms with van der Waals surface area (Å²) >= 11 is 0. The number of carbonyl (C=O) groups excluding carboxylic acids is 1. The third-order valence-electron chi connectivity index (χ3n) is 0.659. The van der Waals surface area contributed by atoms with E-state index in [-0.39, 0.29) is 0 Å². The Kier molecular flexibility index (Phi) is 3.61. The second-order valence-corrected chi connectivity index (χ2v) is 3.46. The van der Waals surface area contributed by atoms with Crippen molar-refractivity contribution in [1.29, 1.82) is 0 Å². The summed E-state index contributed by atoms with van der Waals surface area (Å²) in [6, 6.07) is 0. The molecule has 0 fully saturated rings. The summed E-state index contributed by atoms with van der Waals surface area (Å²) < 4.78 is 18.1. The standard InChI is InChI=1S/C5H5O4P/c1-8-5(6)4-10(3,7)9-2/h1-3H,4H2. The Morgan fingerprint density at radius 1 is 1.50 bits per heavy atom. The number of rotatable bonds is 3. The summed E-state index contributed by atoms with van der Waals surface area (Å²) in [6.45, 7) is 4.84. The fraction of sp³-hybridized carbons (Fsp3) is 0.200. The Morgan fingerprint density at radius 2 is 2.00 bits per heavy atom. The fourth-order valence-electron chi connectivity index (χ4n) is 0.254. The first kappa shape index (κ1) is 9.66. The largest absolute Gasteiger partial charge is 0.454 e. The summed E-state index contributed by atoms with van der Waals surface area (Å²) in [5.41, 5.74) is 0. The van der Waals surface area contributed by atoms with Crippen LogP contribution in [-0.2, 0) is 18.6 Å². The molecule has 0 aliphatic heterocycles. The smallest absolute Gasteiger partial charge is 0.316 e. The van der Waals surface area contributed by atoms with Gasteiger partial charge >= 0.3 is 5.97 Å². The quantitative estimate of drug-likeness (QED) is 0.453. The van der Waals surface area contributed by atoms with Gasteiger partial charge in [-0.1, -0.05) is 0 Å². The highest BCUT2D eigenvalue weighted by Crippen LogP contribution is 2.43. The Balaban J connectivity index is 3.89. The van der Waals surface area contributed by atoms with Crippen LogP contribution in [0, 0.1) is 20.9 Å². The Hall–Kier alpha value is -0.340. The van der Waals surface area contributed by atoms with Crippen LogP contribution in [-0.4, -0.2) is 12.1 Å². The molecule has 0 rings (SSSR count). The molecule has 0 saturated heterocycles. The minimum absolute atomic E-state index is 0.625. The predicted octanol–water partition coefficient (Wildman–Crippen LogP) is 0.830. The molecule has 4 nitrogen and oxygen atoms in total. The maximum absolute atomic E-state index is 10.6. The molecule has 0 saturated carbocycles. The van der Waals surface area contributed by atoms with Gasteiger partial charge in [-0.3, -0.25) is 9.36 Å². The molecule has 0 spiro atoms. The van der Waals surface area contributed by atoms with Crippen LogP contribution >= 0.6 is 7.37 Å². The van der Waals surface area contributed by atoms with E-state index in [0.29, 0.717) is 0 Å². The Bertz CT molecular complexity index is 165. The van der Waals surface area contributed by atoms with Gasteiger partial charge in [0.2, 0.25) is 7.37 Å². The van der Waals surface area contributed by atoms with Gasteiger partial charge in [-0.15, -0.1) is 0 Å². The number of hydrogen-bond acceptors (Lipinski definition) is 4. The normalized spacial score (nSPS) is 15.9. The first-order chi connectivity index (χ1) is 4.52. The first-order valence-electron chi connectivity index (χ1n) is 2.17. The molecule has 0 aliphatic rings. The van der Waals surface area contributed by atoms with E-state index in [1.54, 1.807) is 0 Å². The van der Waals surface area contributed by atoms with Gasteiger partial charge in [0.15, 0.2) is 7.11 Å². The van der Waals surface area contributed by atoms with Crippen molar-refractivity contribution < 1.29 is 18.6 Å². The van der Waals surface area contributed by atoms with E-state index in [1.807, 2.05) is 0 Å². The number of esters is 1. The molecule has 0 aromatic heterocycles. The molecule has 0 heterocycles. The van der Waals surface area contributed by atoms with E-state index in [1.165, 1.54) is 0 Å². The van der Waals surface area contributed by atoms with Crippen molar-refractivity contribution in [3.63, 3.8) is 0 Å². The number of carbonyl (C=O) groups is 1. The van der Waals surface area contributed by atoms with Gasteiger partial charge in [0.25, 0.3) is 0 Å². The summed E-state index contributed by atoms with van der Waals surface area (Å²) in [4.78, 5) is 10.3. The number of hydrogen-bond donors (Lipinski definition) is 0.